The molecule has 59 heavy (non-hydrogen) atoms. The summed E-state index contributed by atoms with van der Waals surface area (Å²) in [7, 11) is 0. The van der Waals surface area contributed by atoms with E-state index in [1.165, 1.54) is 180 Å². The third-order valence-corrected chi connectivity index (χ3v) is 12.3. The second-order valence-electron chi connectivity index (χ2n) is 18.9. The molecule has 0 N–H and O–H groups in total. The number of rotatable bonds is 47. The summed E-state index contributed by atoms with van der Waals surface area (Å²) < 4.78 is 16.8. The first kappa shape index (κ1) is 57.4. The van der Waals surface area contributed by atoms with E-state index in [4.69, 9.17) is 14.2 Å². The summed E-state index contributed by atoms with van der Waals surface area (Å²) in [6, 6.07) is 0. The molecule has 0 aliphatic heterocycles. The van der Waals surface area contributed by atoms with E-state index >= 15 is 0 Å². The van der Waals surface area contributed by atoms with E-state index in [2.05, 4.69) is 34.6 Å². The molecule has 0 aliphatic carbocycles. The lowest BCUT2D eigenvalue weighted by Crippen LogP contribution is -2.30. The Kier molecular flexibility index (Phi) is 44.7. The third-order valence-electron chi connectivity index (χ3n) is 12.3. The van der Waals surface area contributed by atoms with Gasteiger partial charge in [-0.1, -0.05) is 253 Å². The fraction of sp³-hybridized carbons (Fsp3) is 0.943. The van der Waals surface area contributed by atoms with E-state index in [9.17, 15) is 14.4 Å². The maximum absolute atomic E-state index is 12.7. The van der Waals surface area contributed by atoms with E-state index in [1.807, 2.05) is 0 Å². The van der Waals surface area contributed by atoms with Crippen molar-refractivity contribution in [1.29, 1.82) is 0 Å². The summed E-state index contributed by atoms with van der Waals surface area (Å²) >= 11 is 0. The normalized spacial score (nSPS) is 12.5. The molecule has 0 saturated carbocycles. The van der Waals surface area contributed by atoms with Gasteiger partial charge in [0.05, 0.1) is 0 Å². The Balaban J connectivity index is 4.27. The summed E-state index contributed by atoms with van der Waals surface area (Å²) in [6.45, 7) is 11.4. The highest BCUT2D eigenvalue weighted by Crippen LogP contribution is 2.18. The van der Waals surface area contributed by atoms with Gasteiger partial charge < -0.3 is 14.2 Å². The number of carbonyl (C=O) groups is 3. The van der Waals surface area contributed by atoms with Gasteiger partial charge in [0, 0.05) is 19.3 Å². The van der Waals surface area contributed by atoms with Crippen molar-refractivity contribution in [3.05, 3.63) is 0 Å². The van der Waals surface area contributed by atoms with E-state index in [0.29, 0.717) is 19.3 Å². The van der Waals surface area contributed by atoms with Crippen LogP contribution in [0.15, 0.2) is 0 Å². The second-order valence-corrected chi connectivity index (χ2v) is 18.9. The zero-order valence-electron chi connectivity index (χ0n) is 40.4. The summed E-state index contributed by atoms with van der Waals surface area (Å²) in [5.74, 6) is 0.793. The van der Waals surface area contributed by atoms with Crippen LogP contribution in [0.25, 0.3) is 0 Å². The highest BCUT2D eigenvalue weighted by atomic mass is 16.6. The van der Waals surface area contributed by atoms with Crippen molar-refractivity contribution in [3.63, 3.8) is 0 Å². The Morgan fingerprint density at radius 1 is 0.356 bits per heavy atom. The quantitative estimate of drug-likeness (QED) is 0.0345. The molecule has 0 aromatic heterocycles. The van der Waals surface area contributed by atoms with Crippen LogP contribution in [0, 0.1) is 11.8 Å². The molecule has 6 nitrogen and oxygen atoms in total. The number of unbranched alkanes of at least 4 members (excludes halogenated alkanes) is 31. The minimum atomic E-state index is -0.762. The van der Waals surface area contributed by atoms with Crippen LogP contribution in [-0.4, -0.2) is 37.2 Å². The smallest absolute Gasteiger partial charge is 0.306 e. The first-order valence-electron chi connectivity index (χ1n) is 26.3. The molecule has 0 bridgehead atoms. The lowest BCUT2D eigenvalue weighted by atomic mass is 10.00. The summed E-state index contributed by atoms with van der Waals surface area (Å²) in [5.41, 5.74) is 0. The van der Waals surface area contributed by atoms with Gasteiger partial charge in [-0.05, 0) is 31.1 Å². The van der Waals surface area contributed by atoms with Gasteiger partial charge in [0.25, 0.3) is 0 Å². The summed E-state index contributed by atoms with van der Waals surface area (Å²) in [6.07, 6.45) is 46.6. The molecular weight excluding hydrogens is 733 g/mol. The first-order valence-corrected chi connectivity index (χ1v) is 26.3. The highest BCUT2D eigenvalue weighted by molar-refractivity contribution is 5.71. The van der Waals surface area contributed by atoms with Crippen molar-refractivity contribution in [3.8, 4) is 0 Å². The lowest BCUT2D eigenvalue weighted by molar-refractivity contribution is -0.167. The van der Waals surface area contributed by atoms with Gasteiger partial charge in [-0.15, -0.1) is 0 Å². The van der Waals surface area contributed by atoms with Crippen molar-refractivity contribution >= 4 is 17.9 Å². The molecule has 0 aliphatic rings. The van der Waals surface area contributed by atoms with Gasteiger partial charge in [0.15, 0.2) is 6.10 Å². The Morgan fingerprint density at radius 3 is 0.966 bits per heavy atom. The average Bonchev–Trinajstić information content (AvgIpc) is 3.22. The fourth-order valence-electron chi connectivity index (χ4n) is 7.96. The molecule has 0 spiro atoms. The van der Waals surface area contributed by atoms with Crippen molar-refractivity contribution in [1.82, 2.24) is 0 Å². The molecule has 6 heteroatoms. The van der Waals surface area contributed by atoms with Crippen molar-refractivity contribution < 1.29 is 28.6 Å². The first-order chi connectivity index (χ1) is 28.8. The van der Waals surface area contributed by atoms with Gasteiger partial charge >= 0.3 is 17.9 Å². The highest BCUT2D eigenvalue weighted by Gasteiger charge is 2.19. The SMILES string of the molecule is CCCCCCCCCCCCCCCCCCC(=O)OC[C@@H](COC(=O)CCCCCCCCCCCCCCC(C)C)OC(=O)CCCCCCCCC(C)CC. The van der Waals surface area contributed by atoms with Crippen LogP contribution in [0.4, 0.5) is 0 Å². The van der Waals surface area contributed by atoms with E-state index in [-0.39, 0.29) is 31.1 Å². The van der Waals surface area contributed by atoms with Crippen LogP contribution >= 0.6 is 0 Å². The molecule has 0 amide bonds. The number of carbonyl (C=O) groups excluding carboxylic acids is 3. The lowest BCUT2D eigenvalue weighted by Gasteiger charge is -2.18. The molecule has 0 saturated heterocycles. The molecule has 350 valence electrons. The van der Waals surface area contributed by atoms with Gasteiger partial charge in [-0.3, -0.25) is 14.4 Å². The minimum Gasteiger partial charge on any atom is -0.462 e. The van der Waals surface area contributed by atoms with Crippen molar-refractivity contribution in [2.24, 2.45) is 11.8 Å². The van der Waals surface area contributed by atoms with Crippen LogP contribution < -0.4 is 0 Å². The monoisotopic (exact) mass is 835 g/mol. The zero-order chi connectivity index (χ0) is 43.3. The predicted octanol–water partition coefficient (Wildman–Crippen LogP) is 16.9. The van der Waals surface area contributed by atoms with Gasteiger partial charge in [-0.2, -0.15) is 0 Å². The molecule has 1 unspecified atom stereocenters. The Labute approximate surface area is 368 Å². The molecule has 2 atom stereocenters. The van der Waals surface area contributed by atoms with Crippen LogP contribution in [-0.2, 0) is 28.6 Å². The summed E-state index contributed by atoms with van der Waals surface area (Å²) in [4.78, 5) is 37.9. The molecular formula is C53H102O6. The van der Waals surface area contributed by atoms with E-state index in [0.717, 1.165) is 69.6 Å². The topological polar surface area (TPSA) is 78.9 Å². The van der Waals surface area contributed by atoms with Gasteiger partial charge in [-0.25, -0.2) is 0 Å². The van der Waals surface area contributed by atoms with Crippen LogP contribution in [0.2, 0.25) is 0 Å². The Hall–Kier alpha value is -1.59. The number of hydrogen-bond acceptors (Lipinski definition) is 6. The fourth-order valence-corrected chi connectivity index (χ4v) is 7.96. The number of esters is 3. The summed E-state index contributed by atoms with van der Waals surface area (Å²) in [5, 5.41) is 0. The molecule has 0 heterocycles. The third kappa shape index (κ3) is 45.8. The zero-order valence-corrected chi connectivity index (χ0v) is 40.4. The largest absolute Gasteiger partial charge is 0.462 e. The van der Waals surface area contributed by atoms with Gasteiger partial charge in [0.1, 0.15) is 13.2 Å². The average molecular weight is 835 g/mol. The predicted molar refractivity (Wildman–Crippen MR) is 252 cm³/mol. The Bertz CT molecular complexity index is 902. The van der Waals surface area contributed by atoms with Crippen LogP contribution in [0.3, 0.4) is 0 Å². The van der Waals surface area contributed by atoms with Crippen molar-refractivity contribution in [2.45, 2.75) is 298 Å². The van der Waals surface area contributed by atoms with E-state index in [1.54, 1.807) is 0 Å². The van der Waals surface area contributed by atoms with E-state index < -0.39 is 6.10 Å². The number of hydrogen-bond donors (Lipinski definition) is 0. The molecule has 0 radical (unpaired) electrons. The second kappa shape index (κ2) is 45.9. The van der Waals surface area contributed by atoms with Gasteiger partial charge in [0.2, 0.25) is 0 Å². The van der Waals surface area contributed by atoms with Crippen LogP contribution in [0.1, 0.15) is 291 Å². The molecule has 0 fully saturated rings. The maximum atomic E-state index is 12.7. The van der Waals surface area contributed by atoms with Crippen LogP contribution in [0.5, 0.6) is 0 Å². The molecule has 0 aromatic carbocycles. The Morgan fingerprint density at radius 2 is 0.644 bits per heavy atom. The maximum Gasteiger partial charge on any atom is 0.306 e. The molecule has 0 rings (SSSR count). The number of ether oxygens (including phenoxy) is 3. The molecule has 0 aromatic rings. The standard InChI is InChI=1S/C53H102O6/c1-6-8-9-10-11-12-13-14-15-16-17-21-24-27-33-38-43-51(54)57-46-50(59-53(56)45-40-35-30-29-32-37-42-49(5)7-2)47-58-52(55)44-39-34-28-25-22-19-18-20-23-26-31-36-41-48(3)4/h48-50H,6-47H2,1-5H3/t49?,50-/m0/s1. The van der Waals surface area contributed by atoms with Crippen molar-refractivity contribution in [2.75, 3.05) is 13.2 Å². The minimum absolute atomic E-state index is 0.0645.